The van der Waals surface area contributed by atoms with Gasteiger partial charge < -0.3 is 9.63 Å². The van der Waals surface area contributed by atoms with E-state index in [1.807, 2.05) is 0 Å². The van der Waals surface area contributed by atoms with Crippen molar-refractivity contribution in [1.29, 1.82) is 0 Å². The van der Waals surface area contributed by atoms with E-state index in [1.54, 1.807) is 31.2 Å². The van der Waals surface area contributed by atoms with Gasteiger partial charge in [-0.1, -0.05) is 11.2 Å². The summed E-state index contributed by atoms with van der Waals surface area (Å²) in [6, 6.07) is 11.0. The monoisotopic (exact) mass is 471 g/mol. The number of aliphatic carboxylic acids is 1. The molecule has 0 radical (unpaired) electrons. The molecule has 7 nitrogen and oxygen atoms in total. The Morgan fingerprint density at radius 1 is 1.09 bits per heavy atom. The van der Waals surface area contributed by atoms with Gasteiger partial charge in [-0.3, -0.25) is 14.2 Å². The number of unbranched alkanes of at least 4 members (excludes halogenated alkanes) is 1. The van der Waals surface area contributed by atoms with Crippen molar-refractivity contribution < 1.29 is 27.6 Å². The predicted octanol–water partition coefficient (Wildman–Crippen LogP) is 5.17. The summed E-state index contributed by atoms with van der Waals surface area (Å²) < 4.78 is 45.4. The lowest BCUT2D eigenvalue weighted by Gasteiger charge is -2.15. The second kappa shape index (κ2) is 9.12. The predicted molar refractivity (Wildman–Crippen MR) is 118 cm³/mol. The third kappa shape index (κ3) is 4.85. The first-order valence-electron chi connectivity index (χ1n) is 10.5. The van der Waals surface area contributed by atoms with Crippen LogP contribution in [-0.2, 0) is 17.4 Å². The fraction of sp³-hybridized carbons (Fsp3) is 0.250. The Morgan fingerprint density at radius 2 is 1.82 bits per heavy atom. The number of rotatable bonds is 7. The molecular formula is C24H20F3N3O4. The lowest BCUT2D eigenvalue weighted by atomic mass is 10.1. The van der Waals surface area contributed by atoms with Crippen LogP contribution >= 0.6 is 0 Å². The number of alkyl halides is 3. The molecule has 0 aliphatic carbocycles. The van der Waals surface area contributed by atoms with E-state index in [2.05, 4.69) is 10.1 Å². The fourth-order valence-electron chi connectivity index (χ4n) is 3.69. The summed E-state index contributed by atoms with van der Waals surface area (Å²) >= 11 is 0. The molecule has 2 aromatic carbocycles. The third-order valence-corrected chi connectivity index (χ3v) is 5.36. The van der Waals surface area contributed by atoms with Gasteiger partial charge in [0.1, 0.15) is 17.3 Å². The zero-order chi connectivity index (χ0) is 24.5. The van der Waals surface area contributed by atoms with Gasteiger partial charge in [-0.25, -0.2) is 4.98 Å². The van der Waals surface area contributed by atoms with Gasteiger partial charge in [0.15, 0.2) is 0 Å². The maximum absolute atomic E-state index is 13.4. The van der Waals surface area contributed by atoms with Gasteiger partial charge in [-0.15, -0.1) is 0 Å². The number of hydrogen-bond donors (Lipinski definition) is 1. The Kier molecular flexibility index (Phi) is 6.23. The topological polar surface area (TPSA) is 98.2 Å². The molecule has 0 saturated heterocycles. The van der Waals surface area contributed by atoms with Crippen LogP contribution in [0.25, 0.3) is 27.8 Å². The van der Waals surface area contributed by atoms with Crippen LogP contribution in [-0.4, -0.2) is 25.8 Å². The molecule has 0 aliphatic heterocycles. The molecule has 0 aliphatic rings. The van der Waals surface area contributed by atoms with Crippen molar-refractivity contribution in [2.45, 2.75) is 38.8 Å². The summed E-state index contributed by atoms with van der Waals surface area (Å²) in [5, 5.41) is 13.1. The molecule has 10 heteroatoms. The molecule has 0 saturated carbocycles. The Bertz CT molecular complexity index is 1410. The highest BCUT2D eigenvalue weighted by Crippen LogP contribution is 2.30. The van der Waals surface area contributed by atoms with Gasteiger partial charge in [0, 0.05) is 24.5 Å². The van der Waals surface area contributed by atoms with Crippen LogP contribution in [0.2, 0.25) is 0 Å². The largest absolute Gasteiger partial charge is 0.481 e. The highest BCUT2D eigenvalue weighted by atomic mass is 19.4. The number of benzene rings is 2. The van der Waals surface area contributed by atoms with E-state index in [1.165, 1.54) is 16.7 Å². The molecule has 34 heavy (non-hydrogen) atoms. The third-order valence-electron chi connectivity index (χ3n) is 5.36. The summed E-state index contributed by atoms with van der Waals surface area (Å²) in [6.45, 7) is 1.76. The molecule has 0 fully saturated rings. The number of aromatic nitrogens is 3. The number of carbonyl (C=O) groups is 1. The highest BCUT2D eigenvalue weighted by Gasteiger charge is 2.30. The van der Waals surface area contributed by atoms with Crippen molar-refractivity contribution in [3.05, 3.63) is 76.0 Å². The van der Waals surface area contributed by atoms with Crippen LogP contribution in [0.15, 0.2) is 57.8 Å². The quantitative estimate of drug-likeness (QED) is 0.374. The lowest BCUT2D eigenvalue weighted by molar-refractivity contribution is -0.138. The van der Waals surface area contributed by atoms with E-state index < -0.39 is 23.3 Å². The van der Waals surface area contributed by atoms with Gasteiger partial charge in [-0.2, -0.15) is 13.2 Å². The number of fused-ring (bicyclic) bond motifs is 1. The normalized spacial score (nSPS) is 11.8. The summed E-state index contributed by atoms with van der Waals surface area (Å²) in [4.78, 5) is 28.9. The van der Waals surface area contributed by atoms with Crippen molar-refractivity contribution in [1.82, 2.24) is 14.7 Å². The van der Waals surface area contributed by atoms with E-state index in [-0.39, 0.29) is 23.9 Å². The molecule has 2 heterocycles. The number of hydrogen-bond acceptors (Lipinski definition) is 5. The minimum atomic E-state index is -4.50. The van der Waals surface area contributed by atoms with Crippen LogP contribution < -0.4 is 5.56 Å². The average molecular weight is 471 g/mol. The molecule has 176 valence electrons. The zero-order valence-electron chi connectivity index (χ0n) is 18.1. The zero-order valence-corrected chi connectivity index (χ0v) is 18.1. The van der Waals surface area contributed by atoms with E-state index in [0.717, 1.165) is 12.1 Å². The van der Waals surface area contributed by atoms with Crippen LogP contribution in [0, 0.1) is 6.92 Å². The molecule has 2 aromatic heterocycles. The van der Waals surface area contributed by atoms with E-state index in [4.69, 9.17) is 9.63 Å². The molecule has 0 atom stereocenters. The summed E-state index contributed by atoms with van der Waals surface area (Å²) in [5.41, 5.74) is 0.669. The molecule has 4 rings (SSSR count). The molecule has 0 spiro atoms. The Morgan fingerprint density at radius 3 is 2.44 bits per heavy atom. The molecule has 0 bridgehead atoms. The van der Waals surface area contributed by atoms with Crippen LogP contribution in [0.5, 0.6) is 0 Å². The number of carboxylic acid groups (broad SMARTS) is 1. The lowest BCUT2D eigenvalue weighted by Crippen LogP contribution is -2.24. The molecule has 4 aromatic rings. The number of aryl methyl sites for hydroxylation is 2. The molecule has 0 amide bonds. The molecular weight excluding hydrogens is 451 g/mol. The highest BCUT2D eigenvalue weighted by molar-refractivity contribution is 5.83. The van der Waals surface area contributed by atoms with E-state index >= 15 is 0 Å². The van der Waals surface area contributed by atoms with Crippen LogP contribution in [0.4, 0.5) is 13.2 Å². The second-order valence-corrected chi connectivity index (χ2v) is 7.87. The smallest absolute Gasteiger partial charge is 0.416 e. The maximum Gasteiger partial charge on any atom is 0.416 e. The average Bonchev–Trinajstić information content (AvgIpc) is 3.22. The van der Waals surface area contributed by atoms with Gasteiger partial charge in [-0.05, 0) is 56.2 Å². The summed E-state index contributed by atoms with van der Waals surface area (Å²) in [6.07, 6.45) is -3.46. The SMILES string of the molecule is Cc1cc(-c2ccc3c(=O)n(-c4ccc(C(F)(F)F)cc4)c(CCCCC(=O)O)nc3c2)no1. The minimum absolute atomic E-state index is 0.0340. The van der Waals surface area contributed by atoms with Gasteiger partial charge in [0.25, 0.3) is 5.56 Å². The van der Waals surface area contributed by atoms with Crippen molar-refractivity contribution in [3.63, 3.8) is 0 Å². The summed E-state index contributed by atoms with van der Waals surface area (Å²) in [5.74, 6) is 0.0233. The van der Waals surface area contributed by atoms with Crippen LogP contribution in [0.1, 0.15) is 36.4 Å². The van der Waals surface area contributed by atoms with Crippen molar-refractivity contribution >= 4 is 16.9 Å². The van der Waals surface area contributed by atoms with E-state index in [9.17, 15) is 22.8 Å². The van der Waals surface area contributed by atoms with Crippen LogP contribution in [0.3, 0.4) is 0 Å². The number of nitrogens with zero attached hydrogens (tertiary/aromatic N) is 3. The van der Waals surface area contributed by atoms with Gasteiger partial charge >= 0.3 is 12.1 Å². The summed E-state index contributed by atoms with van der Waals surface area (Å²) in [7, 11) is 0. The number of carboxylic acids is 1. The molecule has 1 N–H and O–H groups in total. The Labute approximate surface area is 191 Å². The van der Waals surface area contributed by atoms with Gasteiger partial charge in [0.2, 0.25) is 0 Å². The first-order chi connectivity index (χ1) is 16.1. The standard InChI is InChI=1S/C24H20F3N3O4/c1-14-12-19(29-34-14)15-6-11-18-20(13-15)28-21(4-2-3-5-22(31)32)30(23(18)33)17-9-7-16(8-10-17)24(25,26)27/h6-13H,2-5H2,1H3,(H,31,32). The van der Waals surface area contributed by atoms with Crippen molar-refractivity contribution in [2.24, 2.45) is 0 Å². The maximum atomic E-state index is 13.4. The number of halogens is 3. The fourth-order valence-corrected chi connectivity index (χ4v) is 3.69. The molecule has 0 unspecified atom stereocenters. The van der Waals surface area contributed by atoms with Crippen molar-refractivity contribution in [3.8, 4) is 16.9 Å². The minimum Gasteiger partial charge on any atom is -0.481 e. The van der Waals surface area contributed by atoms with Gasteiger partial charge in [0.05, 0.1) is 22.2 Å². The van der Waals surface area contributed by atoms with Crippen molar-refractivity contribution in [2.75, 3.05) is 0 Å². The Hall–Kier alpha value is -3.95. The second-order valence-electron chi connectivity index (χ2n) is 7.87. The first-order valence-corrected chi connectivity index (χ1v) is 10.5. The van der Waals surface area contributed by atoms with E-state index in [0.29, 0.717) is 41.2 Å². The Balaban J connectivity index is 1.81. The first kappa shape index (κ1) is 23.2.